The van der Waals surface area contributed by atoms with Gasteiger partial charge in [-0.25, -0.2) is 4.98 Å². The Morgan fingerprint density at radius 3 is 2.91 bits per heavy atom. The Hall–Kier alpha value is -3.57. The molecule has 0 aliphatic carbocycles. The quantitative estimate of drug-likeness (QED) is 0.258. The van der Waals surface area contributed by atoms with Crippen LogP contribution in [0.25, 0.3) is 22.8 Å². The number of rotatable bonds is 10. The van der Waals surface area contributed by atoms with E-state index in [-0.39, 0.29) is 11.7 Å². The molecule has 0 fully saturated rings. The maximum Gasteiger partial charge on any atom is 0.236 e. The van der Waals surface area contributed by atoms with Gasteiger partial charge in [-0.3, -0.25) is 9.36 Å². The summed E-state index contributed by atoms with van der Waals surface area (Å²) >= 11 is 2.61. The molecule has 0 saturated heterocycles. The van der Waals surface area contributed by atoms with Crippen LogP contribution in [0.5, 0.6) is 11.5 Å². The van der Waals surface area contributed by atoms with Gasteiger partial charge in [0.2, 0.25) is 11.7 Å². The van der Waals surface area contributed by atoms with Gasteiger partial charge in [-0.05, 0) is 30.3 Å². The maximum absolute atomic E-state index is 12.6. The zero-order chi connectivity index (χ0) is 23.2. The molecule has 1 amide bonds. The van der Waals surface area contributed by atoms with Crippen molar-refractivity contribution >= 4 is 34.1 Å². The monoisotopic (exact) mass is 483 g/mol. The highest BCUT2D eigenvalue weighted by Gasteiger charge is 2.17. The van der Waals surface area contributed by atoms with Crippen molar-refractivity contribution < 1.29 is 18.7 Å². The smallest absolute Gasteiger partial charge is 0.236 e. The van der Waals surface area contributed by atoms with E-state index < -0.39 is 0 Å². The Morgan fingerprint density at radius 1 is 1.30 bits per heavy atom. The van der Waals surface area contributed by atoms with Crippen molar-refractivity contribution in [2.24, 2.45) is 0 Å². The van der Waals surface area contributed by atoms with Crippen LogP contribution < -0.4 is 14.8 Å². The molecule has 1 aromatic carbocycles. The maximum atomic E-state index is 12.6. The molecule has 4 rings (SSSR count). The number of anilines is 1. The van der Waals surface area contributed by atoms with Gasteiger partial charge in [0.25, 0.3) is 0 Å². The van der Waals surface area contributed by atoms with Crippen LogP contribution in [0.3, 0.4) is 0 Å². The first-order valence-corrected chi connectivity index (χ1v) is 11.7. The van der Waals surface area contributed by atoms with Gasteiger partial charge in [0.1, 0.15) is 11.5 Å². The summed E-state index contributed by atoms with van der Waals surface area (Å²) in [5.41, 5.74) is 1.47. The average Bonchev–Trinajstić information content (AvgIpc) is 3.59. The zero-order valence-corrected chi connectivity index (χ0v) is 19.6. The number of benzene rings is 1. The largest absolute Gasteiger partial charge is 0.497 e. The summed E-state index contributed by atoms with van der Waals surface area (Å²) in [6.45, 7) is 4.27. The van der Waals surface area contributed by atoms with Crippen molar-refractivity contribution in [3.05, 3.63) is 54.6 Å². The Labute approximate surface area is 198 Å². The highest BCUT2D eigenvalue weighted by molar-refractivity contribution is 7.99. The Balaban J connectivity index is 1.43. The third-order valence-electron chi connectivity index (χ3n) is 4.54. The van der Waals surface area contributed by atoms with Crippen LogP contribution in [0.15, 0.2) is 64.2 Å². The number of hydrogen-bond donors (Lipinski definition) is 1. The van der Waals surface area contributed by atoms with E-state index in [9.17, 15) is 4.79 Å². The number of hydrogen-bond acceptors (Lipinski definition) is 9. The Morgan fingerprint density at radius 2 is 2.18 bits per heavy atom. The lowest BCUT2D eigenvalue weighted by molar-refractivity contribution is -0.113. The molecule has 0 saturated carbocycles. The minimum atomic E-state index is -0.203. The van der Waals surface area contributed by atoms with E-state index in [1.165, 1.54) is 23.1 Å². The number of furan rings is 1. The van der Waals surface area contributed by atoms with Crippen LogP contribution >= 0.6 is 23.1 Å². The predicted molar refractivity (Wildman–Crippen MR) is 128 cm³/mol. The second-order valence-corrected chi connectivity index (χ2v) is 8.42. The van der Waals surface area contributed by atoms with Gasteiger partial charge in [0.15, 0.2) is 16.0 Å². The summed E-state index contributed by atoms with van der Waals surface area (Å²) in [4.78, 5) is 17.1. The first-order chi connectivity index (χ1) is 16.1. The fraction of sp³-hybridized carbons (Fsp3) is 0.182. The summed E-state index contributed by atoms with van der Waals surface area (Å²) in [7, 11) is 3.20. The number of ether oxygens (including phenoxy) is 2. The standard InChI is InChI=1S/C22H21N5O4S2/c1-4-9-27-20(18-6-5-10-31-18)25-26-22(27)33-13-19(28)24-21-23-16(12-32-21)15-11-14(29-2)7-8-17(15)30-3/h4-8,10-12H,1,9,13H2,2-3H3,(H,23,24,28). The molecule has 3 aromatic heterocycles. The SMILES string of the molecule is C=CCn1c(SCC(=O)Nc2nc(-c3cc(OC)ccc3OC)cs2)nnc1-c1ccco1. The third kappa shape index (κ3) is 5.10. The summed E-state index contributed by atoms with van der Waals surface area (Å²) in [5, 5.41) is 14.2. The topological polar surface area (TPSA) is 104 Å². The van der Waals surface area contributed by atoms with Crippen molar-refractivity contribution in [3.8, 4) is 34.3 Å². The number of allylic oxidation sites excluding steroid dienone is 1. The average molecular weight is 484 g/mol. The number of nitrogens with one attached hydrogen (secondary N) is 1. The van der Waals surface area contributed by atoms with Gasteiger partial charge in [0, 0.05) is 17.5 Å². The second kappa shape index (κ2) is 10.4. The molecule has 4 aromatic rings. The van der Waals surface area contributed by atoms with Crippen molar-refractivity contribution in [1.82, 2.24) is 19.7 Å². The highest BCUT2D eigenvalue weighted by Crippen LogP contribution is 2.35. The van der Waals surface area contributed by atoms with Crippen LogP contribution in [-0.4, -0.2) is 45.6 Å². The second-order valence-electron chi connectivity index (χ2n) is 6.62. The lowest BCUT2D eigenvalue weighted by Crippen LogP contribution is -2.14. The lowest BCUT2D eigenvalue weighted by atomic mass is 10.1. The van der Waals surface area contributed by atoms with Crippen molar-refractivity contribution in [2.75, 3.05) is 25.3 Å². The molecule has 0 aliphatic heterocycles. The summed E-state index contributed by atoms with van der Waals surface area (Å²) in [6, 6.07) is 9.07. The minimum absolute atomic E-state index is 0.144. The highest BCUT2D eigenvalue weighted by atomic mass is 32.2. The molecule has 11 heteroatoms. The van der Waals surface area contributed by atoms with E-state index in [0.29, 0.717) is 45.6 Å². The molecular formula is C22H21N5O4S2. The number of nitrogens with zero attached hydrogens (tertiary/aromatic N) is 4. The fourth-order valence-corrected chi connectivity index (χ4v) is 4.51. The van der Waals surface area contributed by atoms with Crippen molar-refractivity contribution in [3.63, 3.8) is 0 Å². The zero-order valence-electron chi connectivity index (χ0n) is 18.0. The van der Waals surface area contributed by atoms with Gasteiger partial charge in [0.05, 0.1) is 31.9 Å². The molecule has 33 heavy (non-hydrogen) atoms. The number of carbonyl (C=O) groups excluding carboxylic acids is 1. The van der Waals surface area contributed by atoms with Crippen LogP contribution in [0.2, 0.25) is 0 Å². The van der Waals surface area contributed by atoms with Gasteiger partial charge >= 0.3 is 0 Å². The molecule has 0 unspecified atom stereocenters. The van der Waals surface area contributed by atoms with E-state index in [1.807, 2.05) is 34.2 Å². The normalized spacial score (nSPS) is 10.7. The van der Waals surface area contributed by atoms with Crippen LogP contribution in [-0.2, 0) is 11.3 Å². The number of thiazole rings is 1. The van der Waals surface area contributed by atoms with Gasteiger partial charge in [-0.15, -0.1) is 28.1 Å². The Bertz CT molecular complexity index is 1250. The number of aromatic nitrogens is 4. The van der Waals surface area contributed by atoms with Crippen LogP contribution in [0.1, 0.15) is 0 Å². The van der Waals surface area contributed by atoms with Gasteiger partial charge in [-0.1, -0.05) is 17.8 Å². The molecule has 1 N–H and O–H groups in total. The minimum Gasteiger partial charge on any atom is -0.497 e. The van der Waals surface area contributed by atoms with Crippen molar-refractivity contribution in [2.45, 2.75) is 11.7 Å². The van der Waals surface area contributed by atoms with E-state index in [0.717, 1.165) is 5.56 Å². The van der Waals surface area contributed by atoms with Gasteiger partial charge in [-0.2, -0.15) is 0 Å². The third-order valence-corrected chi connectivity index (χ3v) is 6.26. The molecule has 0 atom stereocenters. The van der Waals surface area contributed by atoms with Crippen LogP contribution in [0.4, 0.5) is 5.13 Å². The fourth-order valence-electron chi connectivity index (χ4n) is 3.03. The molecule has 170 valence electrons. The predicted octanol–water partition coefficient (Wildman–Crippen LogP) is 4.60. The van der Waals surface area contributed by atoms with Crippen LogP contribution in [0, 0.1) is 0 Å². The summed E-state index contributed by atoms with van der Waals surface area (Å²) in [6.07, 6.45) is 3.32. The molecule has 9 nitrogen and oxygen atoms in total. The van der Waals surface area contributed by atoms with Crippen molar-refractivity contribution in [1.29, 1.82) is 0 Å². The first-order valence-electron chi connectivity index (χ1n) is 9.81. The Kier molecular flexibility index (Phi) is 7.10. The molecule has 0 aliphatic rings. The number of carbonyl (C=O) groups is 1. The van der Waals surface area contributed by atoms with E-state index in [1.54, 1.807) is 32.6 Å². The first kappa shape index (κ1) is 22.6. The number of methoxy groups -OCH3 is 2. The molecule has 0 bridgehead atoms. The molecule has 0 spiro atoms. The molecular weight excluding hydrogens is 462 g/mol. The van der Waals surface area contributed by atoms with E-state index in [4.69, 9.17) is 13.9 Å². The lowest BCUT2D eigenvalue weighted by Gasteiger charge is -2.08. The molecule has 3 heterocycles. The number of amides is 1. The van der Waals surface area contributed by atoms with Gasteiger partial charge < -0.3 is 19.2 Å². The number of thioether (sulfide) groups is 1. The summed E-state index contributed by atoms with van der Waals surface area (Å²) < 4.78 is 18.0. The van der Waals surface area contributed by atoms with E-state index in [2.05, 4.69) is 27.1 Å². The summed E-state index contributed by atoms with van der Waals surface area (Å²) in [5.74, 6) is 2.49. The molecule has 0 radical (unpaired) electrons. The van der Waals surface area contributed by atoms with E-state index >= 15 is 0 Å².